The number of benzene rings is 2. The van der Waals surface area contributed by atoms with Gasteiger partial charge < -0.3 is 35.9 Å². The Hall–Kier alpha value is -4.61. The van der Waals surface area contributed by atoms with Crippen LogP contribution in [0, 0.1) is 0 Å². The van der Waals surface area contributed by atoms with E-state index in [1.807, 2.05) is 18.2 Å². The van der Waals surface area contributed by atoms with Crippen molar-refractivity contribution in [1.82, 2.24) is 10.2 Å². The van der Waals surface area contributed by atoms with Crippen LogP contribution in [0.5, 0.6) is 5.75 Å². The summed E-state index contributed by atoms with van der Waals surface area (Å²) in [7, 11) is 0. The summed E-state index contributed by atoms with van der Waals surface area (Å²) < 4.78 is 16.2. The molecule has 3 rings (SSSR count). The number of alkyl carbamates (subject to hydrolysis) is 1. The number of ether oxygens (including phenoxy) is 3. The average Bonchev–Trinajstić information content (AvgIpc) is 2.86. The molecule has 12 heteroatoms. The Kier molecular flexibility index (Phi) is 9.47. The van der Waals surface area contributed by atoms with E-state index in [0.29, 0.717) is 23.3 Å². The lowest BCUT2D eigenvalue weighted by Crippen LogP contribution is -2.53. The number of hydrogen-bond acceptors (Lipinski definition) is 7. The molecular weight excluding hydrogens is 506 g/mol. The first-order valence-corrected chi connectivity index (χ1v) is 12.3. The van der Waals surface area contributed by atoms with Crippen LogP contribution in [0.3, 0.4) is 0 Å². The maximum atomic E-state index is 13.2. The number of esters is 1. The van der Waals surface area contributed by atoms with Crippen molar-refractivity contribution in [2.45, 2.75) is 45.4 Å². The molecule has 1 aliphatic rings. The SMILES string of the molecule is CC(C)(C)OC(=O)C(CN1CCc2cc(OCC(=O)N=C(N)N)ccc2C1=O)NC(=O)OCc1ccccc1. The highest BCUT2D eigenvalue weighted by atomic mass is 16.6. The molecule has 0 fully saturated rings. The fraction of sp³-hybridized carbons (Fsp3) is 0.370. The Labute approximate surface area is 226 Å². The molecule has 1 heterocycles. The third-order valence-electron chi connectivity index (χ3n) is 5.46. The molecule has 0 saturated heterocycles. The maximum absolute atomic E-state index is 13.2. The highest BCUT2D eigenvalue weighted by Crippen LogP contribution is 2.24. The summed E-state index contributed by atoms with van der Waals surface area (Å²) in [5, 5.41) is 2.54. The van der Waals surface area contributed by atoms with E-state index in [2.05, 4.69) is 10.3 Å². The van der Waals surface area contributed by atoms with Crippen LogP contribution in [-0.4, -0.2) is 66.1 Å². The van der Waals surface area contributed by atoms with Crippen molar-refractivity contribution < 1.29 is 33.4 Å². The van der Waals surface area contributed by atoms with Gasteiger partial charge >= 0.3 is 12.1 Å². The molecule has 0 bridgehead atoms. The van der Waals surface area contributed by atoms with Crippen molar-refractivity contribution in [3.8, 4) is 5.75 Å². The highest BCUT2D eigenvalue weighted by Gasteiger charge is 2.33. The first-order valence-electron chi connectivity index (χ1n) is 12.3. The number of nitrogens with zero attached hydrogens (tertiary/aromatic N) is 2. The number of rotatable bonds is 9. The molecule has 0 aromatic heterocycles. The lowest BCUT2D eigenvalue weighted by atomic mass is 9.98. The molecule has 2 aromatic rings. The average molecular weight is 540 g/mol. The number of carbonyl (C=O) groups excluding carboxylic acids is 4. The topological polar surface area (TPSA) is 176 Å². The molecular formula is C27H33N5O7. The van der Waals surface area contributed by atoms with Crippen LogP contribution in [-0.2, 0) is 32.1 Å². The van der Waals surface area contributed by atoms with Crippen LogP contribution in [0.4, 0.5) is 4.79 Å². The number of guanidine groups is 1. The highest BCUT2D eigenvalue weighted by molar-refractivity contribution is 5.97. The molecule has 208 valence electrons. The van der Waals surface area contributed by atoms with Gasteiger partial charge in [0.25, 0.3) is 11.8 Å². The molecule has 1 atom stereocenters. The number of carbonyl (C=O) groups is 4. The molecule has 0 radical (unpaired) electrons. The van der Waals surface area contributed by atoms with Gasteiger partial charge in [0.2, 0.25) is 0 Å². The van der Waals surface area contributed by atoms with Gasteiger partial charge in [0.15, 0.2) is 12.6 Å². The van der Waals surface area contributed by atoms with Gasteiger partial charge in [-0.1, -0.05) is 30.3 Å². The minimum absolute atomic E-state index is 0.0195. The number of fused-ring (bicyclic) bond motifs is 1. The van der Waals surface area contributed by atoms with Gasteiger partial charge in [-0.3, -0.25) is 9.59 Å². The molecule has 39 heavy (non-hydrogen) atoms. The number of amides is 3. The van der Waals surface area contributed by atoms with Crippen molar-refractivity contribution >= 4 is 29.8 Å². The van der Waals surface area contributed by atoms with Gasteiger partial charge in [-0.15, -0.1) is 0 Å². The second kappa shape index (κ2) is 12.8. The van der Waals surface area contributed by atoms with E-state index >= 15 is 0 Å². The summed E-state index contributed by atoms with van der Waals surface area (Å²) in [6.07, 6.45) is -0.351. The lowest BCUT2D eigenvalue weighted by Gasteiger charge is -2.32. The van der Waals surface area contributed by atoms with Crippen LogP contribution >= 0.6 is 0 Å². The Balaban J connectivity index is 1.67. The van der Waals surface area contributed by atoms with Gasteiger partial charge in [-0.2, -0.15) is 4.99 Å². The van der Waals surface area contributed by atoms with Gasteiger partial charge in [0.05, 0.1) is 6.54 Å². The predicted octanol–water partition coefficient (Wildman–Crippen LogP) is 1.50. The van der Waals surface area contributed by atoms with E-state index in [9.17, 15) is 19.2 Å². The van der Waals surface area contributed by atoms with Gasteiger partial charge in [-0.25, -0.2) is 9.59 Å². The van der Waals surface area contributed by atoms with E-state index in [-0.39, 0.29) is 38.2 Å². The van der Waals surface area contributed by atoms with Crippen LogP contribution in [0.15, 0.2) is 53.5 Å². The first kappa shape index (κ1) is 29.0. The molecule has 5 N–H and O–H groups in total. The van der Waals surface area contributed by atoms with E-state index in [4.69, 9.17) is 25.7 Å². The van der Waals surface area contributed by atoms with Gasteiger partial charge in [0.1, 0.15) is 24.0 Å². The third-order valence-corrected chi connectivity index (χ3v) is 5.46. The molecule has 0 saturated carbocycles. The van der Waals surface area contributed by atoms with Gasteiger partial charge in [-0.05, 0) is 56.5 Å². The quantitative estimate of drug-likeness (QED) is 0.242. The van der Waals surface area contributed by atoms with Gasteiger partial charge in [0, 0.05) is 12.1 Å². The van der Waals surface area contributed by atoms with Crippen molar-refractivity contribution in [2.24, 2.45) is 16.5 Å². The number of hydrogen-bond donors (Lipinski definition) is 3. The zero-order valence-corrected chi connectivity index (χ0v) is 22.1. The Bertz CT molecular complexity index is 1240. The zero-order chi connectivity index (χ0) is 28.6. The van der Waals surface area contributed by atoms with Crippen molar-refractivity contribution in [3.63, 3.8) is 0 Å². The molecule has 3 amide bonds. The van der Waals surface area contributed by atoms with Crippen LogP contribution < -0.4 is 21.5 Å². The summed E-state index contributed by atoms with van der Waals surface area (Å²) in [5.41, 5.74) is 11.5. The van der Waals surface area contributed by atoms with E-state index < -0.39 is 29.6 Å². The van der Waals surface area contributed by atoms with Crippen LogP contribution in [0.2, 0.25) is 0 Å². The van der Waals surface area contributed by atoms with Crippen molar-refractivity contribution in [2.75, 3.05) is 19.7 Å². The smallest absolute Gasteiger partial charge is 0.408 e. The van der Waals surface area contributed by atoms with Crippen molar-refractivity contribution in [3.05, 3.63) is 65.2 Å². The van der Waals surface area contributed by atoms with E-state index in [1.54, 1.807) is 51.1 Å². The number of nitrogens with two attached hydrogens (primary N) is 2. The van der Waals surface area contributed by atoms with E-state index in [0.717, 1.165) is 5.56 Å². The van der Waals surface area contributed by atoms with Crippen LogP contribution in [0.25, 0.3) is 0 Å². The maximum Gasteiger partial charge on any atom is 0.408 e. The Morgan fingerprint density at radius 3 is 2.49 bits per heavy atom. The third kappa shape index (κ3) is 9.02. The fourth-order valence-corrected chi connectivity index (χ4v) is 3.78. The summed E-state index contributed by atoms with van der Waals surface area (Å²) in [4.78, 5) is 55.2. The number of aliphatic imine (C=N–C) groups is 1. The summed E-state index contributed by atoms with van der Waals surface area (Å²) in [6, 6.07) is 12.7. The predicted molar refractivity (Wildman–Crippen MR) is 142 cm³/mol. The molecule has 0 spiro atoms. The summed E-state index contributed by atoms with van der Waals surface area (Å²) in [5.74, 6) is -1.63. The minimum atomic E-state index is -1.15. The largest absolute Gasteiger partial charge is 0.484 e. The normalized spacial score (nSPS) is 13.5. The standard InChI is InChI=1S/C27H33N5O7/c1-27(2,3)39-24(35)21(30-26(36)38-15-17-7-5-4-6-8-17)14-32-12-11-18-13-19(9-10-20(18)23(32)34)37-16-22(33)31-25(28)29/h4-10,13,21H,11-12,14-16H2,1-3H3,(H,30,36)(H4,28,29,31,33). The monoisotopic (exact) mass is 539 g/mol. The second-order valence-electron chi connectivity index (χ2n) is 9.83. The minimum Gasteiger partial charge on any atom is -0.484 e. The fourth-order valence-electron chi connectivity index (χ4n) is 3.78. The Morgan fingerprint density at radius 1 is 1.10 bits per heavy atom. The first-order chi connectivity index (χ1) is 18.4. The summed E-state index contributed by atoms with van der Waals surface area (Å²) >= 11 is 0. The zero-order valence-electron chi connectivity index (χ0n) is 22.1. The van der Waals surface area contributed by atoms with E-state index in [1.165, 1.54) is 4.90 Å². The Morgan fingerprint density at radius 2 is 1.82 bits per heavy atom. The second-order valence-corrected chi connectivity index (χ2v) is 9.83. The number of nitrogens with one attached hydrogen (secondary N) is 1. The molecule has 0 aliphatic carbocycles. The molecule has 12 nitrogen and oxygen atoms in total. The lowest BCUT2D eigenvalue weighted by molar-refractivity contribution is -0.157. The van der Waals surface area contributed by atoms with Crippen molar-refractivity contribution in [1.29, 1.82) is 0 Å². The summed E-state index contributed by atoms with van der Waals surface area (Å²) in [6.45, 7) is 4.96. The molecule has 1 aliphatic heterocycles. The molecule has 2 aromatic carbocycles. The molecule has 1 unspecified atom stereocenters. The van der Waals surface area contributed by atoms with Crippen LogP contribution in [0.1, 0.15) is 42.3 Å².